The van der Waals surface area contributed by atoms with E-state index in [0.717, 1.165) is 15.7 Å². The minimum absolute atomic E-state index is 0.361. The second-order valence-corrected chi connectivity index (χ2v) is 6.33. The average molecular weight is 362 g/mol. The van der Waals surface area contributed by atoms with Crippen LogP contribution in [0.1, 0.15) is 10.4 Å². The van der Waals surface area contributed by atoms with E-state index < -0.39 is 0 Å². The maximum Gasteiger partial charge on any atom is 0.106 e. The molecule has 0 atom stereocenters. The number of rotatable bonds is 4. The van der Waals surface area contributed by atoms with Gasteiger partial charge in [0.2, 0.25) is 0 Å². The molecule has 0 amide bonds. The Morgan fingerprint density at radius 1 is 1.44 bits per heavy atom. The van der Waals surface area contributed by atoms with Gasteiger partial charge in [0, 0.05) is 25.6 Å². The normalized spacial score (nSPS) is 10.3. The van der Waals surface area contributed by atoms with Gasteiger partial charge in [0.15, 0.2) is 0 Å². The molecule has 0 bridgehead atoms. The summed E-state index contributed by atoms with van der Waals surface area (Å²) in [6, 6.07) is 7.46. The van der Waals surface area contributed by atoms with E-state index in [1.165, 1.54) is 4.88 Å². The summed E-state index contributed by atoms with van der Waals surface area (Å²) >= 11 is 16.2. The molecule has 2 nitrogen and oxygen atoms in total. The standard InChI is InChI=1S/C12H10BrClN2S2/c13-9-3-4-18-11(9)6-16-10-5-7(14)1-2-8(10)12(15)17/h1-5,16H,6H2,(H2,15,17). The molecule has 6 heteroatoms. The van der Waals surface area contributed by atoms with Gasteiger partial charge >= 0.3 is 0 Å². The van der Waals surface area contributed by atoms with Crippen LogP contribution in [0.2, 0.25) is 5.02 Å². The van der Waals surface area contributed by atoms with Crippen molar-refractivity contribution in [1.29, 1.82) is 0 Å². The van der Waals surface area contributed by atoms with Gasteiger partial charge in [0.05, 0.1) is 6.54 Å². The molecule has 1 aromatic carbocycles. The number of benzene rings is 1. The minimum Gasteiger partial charge on any atom is -0.389 e. The zero-order valence-corrected chi connectivity index (χ0v) is 13.2. The van der Waals surface area contributed by atoms with Crippen LogP contribution in [0.4, 0.5) is 5.69 Å². The van der Waals surface area contributed by atoms with Crippen LogP contribution in [0.5, 0.6) is 0 Å². The molecule has 1 heterocycles. The first kappa shape index (κ1) is 13.8. The van der Waals surface area contributed by atoms with Crippen LogP contribution in [0.15, 0.2) is 34.1 Å². The number of anilines is 1. The molecule has 94 valence electrons. The molecular weight excluding hydrogens is 352 g/mol. The van der Waals surface area contributed by atoms with Crippen LogP contribution in [0.3, 0.4) is 0 Å². The first-order chi connectivity index (χ1) is 8.58. The molecule has 0 aliphatic carbocycles. The van der Waals surface area contributed by atoms with Crippen LogP contribution < -0.4 is 11.1 Å². The summed E-state index contributed by atoms with van der Waals surface area (Å²) in [4.78, 5) is 1.57. The van der Waals surface area contributed by atoms with Crippen LogP contribution >= 0.6 is 51.1 Å². The lowest BCUT2D eigenvalue weighted by Gasteiger charge is -2.11. The summed E-state index contributed by atoms with van der Waals surface area (Å²) in [7, 11) is 0. The second-order valence-electron chi connectivity index (χ2n) is 3.60. The molecule has 0 aliphatic heterocycles. The summed E-state index contributed by atoms with van der Waals surface area (Å²) < 4.78 is 1.10. The van der Waals surface area contributed by atoms with Gasteiger partial charge in [-0.05, 0) is 45.6 Å². The zero-order chi connectivity index (χ0) is 13.1. The van der Waals surface area contributed by atoms with Gasteiger partial charge in [-0.3, -0.25) is 0 Å². The smallest absolute Gasteiger partial charge is 0.106 e. The van der Waals surface area contributed by atoms with Crippen LogP contribution in [-0.2, 0) is 6.54 Å². The second kappa shape index (κ2) is 6.02. The highest BCUT2D eigenvalue weighted by atomic mass is 79.9. The molecule has 2 rings (SSSR count). The molecule has 3 N–H and O–H groups in total. The molecule has 0 saturated heterocycles. The maximum atomic E-state index is 5.98. The average Bonchev–Trinajstić information content (AvgIpc) is 2.72. The summed E-state index contributed by atoms with van der Waals surface area (Å²) in [5, 5.41) is 6.00. The van der Waals surface area contributed by atoms with Crippen molar-refractivity contribution in [3.05, 3.63) is 49.6 Å². The summed E-state index contributed by atoms with van der Waals surface area (Å²) in [6.45, 7) is 0.703. The van der Waals surface area contributed by atoms with Crippen LogP contribution in [-0.4, -0.2) is 4.99 Å². The van der Waals surface area contributed by atoms with E-state index in [-0.39, 0.29) is 0 Å². The molecule has 1 aromatic heterocycles. The number of nitrogens with two attached hydrogens (primary N) is 1. The Bertz CT molecular complexity index is 583. The van der Waals surface area contributed by atoms with Crippen molar-refractivity contribution in [3.63, 3.8) is 0 Å². The fraction of sp³-hybridized carbons (Fsp3) is 0.0833. The fourth-order valence-electron chi connectivity index (χ4n) is 1.50. The lowest BCUT2D eigenvalue weighted by atomic mass is 10.1. The Labute approximate surface area is 128 Å². The summed E-state index contributed by atoms with van der Waals surface area (Å²) in [5.74, 6) is 0. The lowest BCUT2D eigenvalue weighted by molar-refractivity contribution is 1.18. The predicted octanol–water partition coefficient (Wildman–Crippen LogP) is 4.41. The third-order valence-electron chi connectivity index (χ3n) is 2.38. The van der Waals surface area contributed by atoms with E-state index in [4.69, 9.17) is 29.6 Å². The zero-order valence-electron chi connectivity index (χ0n) is 9.24. The Kier molecular flexibility index (Phi) is 4.61. The van der Waals surface area contributed by atoms with Crippen molar-refractivity contribution in [2.45, 2.75) is 6.54 Å². The van der Waals surface area contributed by atoms with E-state index in [1.807, 2.05) is 23.6 Å². The van der Waals surface area contributed by atoms with Gasteiger partial charge in [0.25, 0.3) is 0 Å². The van der Waals surface area contributed by atoms with Crippen LogP contribution in [0.25, 0.3) is 0 Å². The van der Waals surface area contributed by atoms with Gasteiger partial charge in [-0.1, -0.05) is 23.8 Å². The lowest BCUT2D eigenvalue weighted by Crippen LogP contribution is -2.13. The molecule has 18 heavy (non-hydrogen) atoms. The van der Waals surface area contributed by atoms with Gasteiger partial charge in [0.1, 0.15) is 4.99 Å². The topological polar surface area (TPSA) is 38.0 Å². The minimum atomic E-state index is 0.361. The Balaban J connectivity index is 2.20. The Morgan fingerprint density at radius 2 is 2.22 bits per heavy atom. The molecule has 0 spiro atoms. The Hall–Kier alpha value is -0.620. The van der Waals surface area contributed by atoms with Crippen molar-refractivity contribution in [2.75, 3.05) is 5.32 Å². The molecule has 0 saturated carbocycles. The largest absolute Gasteiger partial charge is 0.389 e. The molecule has 0 aliphatic rings. The number of nitrogens with one attached hydrogen (secondary N) is 1. The Morgan fingerprint density at radius 3 is 2.83 bits per heavy atom. The van der Waals surface area contributed by atoms with Gasteiger partial charge in [-0.15, -0.1) is 11.3 Å². The third-order valence-corrected chi connectivity index (χ3v) is 4.76. The van der Waals surface area contributed by atoms with Crippen molar-refractivity contribution < 1.29 is 0 Å². The first-order valence-corrected chi connectivity index (χ1v) is 7.59. The monoisotopic (exact) mass is 360 g/mol. The highest BCUT2D eigenvalue weighted by molar-refractivity contribution is 9.10. The number of thiophene rings is 1. The molecule has 0 fully saturated rings. The molecule has 0 unspecified atom stereocenters. The predicted molar refractivity (Wildman–Crippen MR) is 86.7 cm³/mol. The quantitative estimate of drug-likeness (QED) is 0.792. The highest BCUT2D eigenvalue weighted by Crippen LogP contribution is 2.26. The van der Waals surface area contributed by atoms with Gasteiger partial charge in [-0.2, -0.15) is 0 Å². The fourth-order valence-corrected chi connectivity index (χ4v) is 3.29. The van der Waals surface area contributed by atoms with Crippen molar-refractivity contribution in [1.82, 2.24) is 0 Å². The maximum absolute atomic E-state index is 5.98. The van der Waals surface area contributed by atoms with E-state index in [1.54, 1.807) is 17.4 Å². The van der Waals surface area contributed by atoms with Crippen molar-refractivity contribution >= 4 is 61.8 Å². The highest BCUT2D eigenvalue weighted by Gasteiger charge is 2.07. The van der Waals surface area contributed by atoms with Gasteiger partial charge < -0.3 is 11.1 Å². The number of halogens is 2. The number of hydrogen-bond donors (Lipinski definition) is 2. The molecular formula is C12H10BrClN2S2. The SMILES string of the molecule is NC(=S)c1ccc(Cl)cc1NCc1sccc1Br. The van der Waals surface area contributed by atoms with E-state index in [0.29, 0.717) is 16.6 Å². The number of hydrogen-bond acceptors (Lipinski definition) is 3. The third kappa shape index (κ3) is 3.23. The van der Waals surface area contributed by atoms with Gasteiger partial charge in [-0.25, -0.2) is 0 Å². The number of thiocarbonyl (C=S) groups is 1. The van der Waals surface area contributed by atoms with E-state index >= 15 is 0 Å². The summed E-state index contributed by atoms with van der Waals surface area (Å²) in [5.41, 5.74) is 7.35. The van der Waals surface area contributed by atoms with E-state index in [2.05, 4.69) is 21.2 Å². The van der Waals surface area contributed by atoms with Crippen molar-refractivity contribution in [2.24, 2.45) is 5.73 Å². The van der Waals surface area contributed by atoms with E-state index in [9.17, 15) is 0 Å². The molecule has 0 radical (unpaired) electrons. The van der Waals surface area contributed by atoms with Crippen LogP contribution in [0, 0.1) is 0 Å². The van der Waals surface area contributed by atoms with Crippen molar-refractivity contribution in [3.8, 4) is 0 Å². The molecule has 2 aromatic rings. The summed E-state index contributed by atoms with van der Waals surface area (Å²) in [6.07, 6.45) is 0. The first-order valence-electron chi connectivity index (χ1n) is 5.13.